The van der Waals surface area contributed by atoms with Gasteiger partial charge in [0.25, 0.3) is 0 Å². The fourth-order valence-corrected chi connectivity index (χ4v) is 9.53. The molecule has 2 amide bonds. The first-order chi connectivity index (χ1) is 26.1. The molecule has 14 heteroatoms. The summed E-state index contributed by atoms with van der Waals surface area (Å²) < 4.78 is 72.6. The Morgan fingerprint density at radius 3 is 2.25 bits per heavy atom. The number of nitrogens with zero attached hydrogens (tertiary/aromatic N) is 1. The Labute approximate surface area is 320 Å². The van der Waals surface area contributed by atoms with E-state index < -0.39 is 32.6 Å². The smallest absolute Gasteiger partial charge is 0.330 e. The number of nitrogens with two attached hydrogens (primary N) is 1. The second kappa shape index (κ2) is 16.9. The van der Waals surface area contributed by atoms with Crippen molar-refractivity contribution < 1.29 is 36.0 Å². The number of fused-ring (bicyclic) bond motifs is 1. The molecule has 296 valence electrons. The number of halogens is 3. The molecule has 0 spiro atoms. The molecule has 2 saturated carbocycles. The number of ketones is 1. The van der Waals surface area contributed by atoms with Crippen molar-refractivity contribution in [2.24, 2.45) is 23.5 Å². The first kappa shape index (κ1) is 40.6. The maximum Gasteiger partial charge on any atom is 0.417 e. The first-order valence-electron chi connectivity index (χ1n) is 19.1. The highest BCUT2D eigenvalue weighted by atomic mass is 32.2. The summed E-state index contributed by atoms with van der Waals surface area (Å²) in [6, 6.07) is 14.5. The quantitative estimate of drug-likeness (QED) is 0.154. The number of sulfonamides is 1. The van der Waals surface area contributed by atoms with Crippen molar-refractivity contribution in [3.8, 4) is 11.1 Å². The molecule has 3 aromatic rings. The minimum Gasteiger partial charge on any atom is -0.330 e. The number of benzene rings is 3. The Balaban J connectivity index is 1.19. The number of rotatable bonds is 13. The molecule has 0 aromatic heterocycles. The van der Waals surface area contributed by atoms with Crippen LogP contribution in [0.5, 0.6) is 0 Å². The largest absolute Gasteiger partial charge is 0.417 e. The first-order valence-corrected chi connectivity index (χ1v) is 20.5. The highest BCUT2D eigenvalue weighted by molar-refractivity contribution is 7.89. The lowest BCUT2D eigenvalue weighted by molar-refractivity contribution is -0.137. The SMILES string of the molecule is CN(C)C1CCC(NS(=O)(=O)c2ccc(-c3ccc(CC(CC(=O)C4CCC(CN)CC4)C(=O)Nc4ccc5c(c4)NC(=O)C5)cc3)c(C(F)(F)F)c2)CC1. The summed E-state index contributed by atoms with van der Waals surface area (Å²) in [5.41, 5.74) is 7.38. The molecule has 2 fully saturated rings. The Bertz CT molecular complexity index is 1990. The van der Waals surface area contributed by atoms with Gasteiger partial charge >= 0.3 is 6.18 Å². The van der Waals surface area contributed by atoms with Gasteiger partial charge in [0.05, 0.1) is 16.9 Å². The van der Waals surface area contributed by atoms with Gasteiger partial charge in [0.2, 0.25) is 21.8 Å². The average Bonchev–Trinajstić information content (AvgIpc) is 3.53. The Morgan fingerprint density at radius 2 is 1.62 bits per heavy atom. The third-order valence-corrected chi connectivity index (χ3v) is 13.1. The van der Waals surface area contributed by atoms with Gasteiger partial charge in [-0.15, -0.1) is 0 Å². The molecule has 5 N–H and O–H groups in total. The number of hydrogen-bond acceptors (Lipinski definition) is 7. The second-order valence-corrected chi connectivity index (χ2v) is 17.3. The number of nitrogens with one attached hydrogen (secondary N) is 3. The van der Waals surface area contributed by atoms with E-state index in [1.165, 1.54) is 24.3 Å². The fraction of sp³-hybridized carbons (Fsp3) is 0.488. The van der Waals surface area contributed by atoms with Crippen molar-refractivity contribution in [3.63, 3.8) is 0 Å². The predicted molar refractivity (Wildman–Crippen MR) is 206 cm³/mol. The van der Waals surface area contributed by atoms with Crippen LogP contribution in [0.2, 0.25) is 0 Å². The maximum atomic E-state index is 14.5. The molecule has 2 aliphatic carbocycles. The molecule has 0 bridgehead atoms. The molecule has 3 aromatic carbocycles. The molecule has 0 radical (unpaired) electrons. The zero-order valence-electron chi connectivity index (χ0n) is 31.3. The zero-order chi connectivity index (χ0) is 39.5. The van der Waals surface area contributed by atoms with Crippen LogP contribution in [-0.2, 0) is 43.4 Å². The lowest BCUT2D eigenvalue weighted by atomic mass is 9.77. The van der Waals surface area contributed by atoms with Crippen molar-refractivity contribution in [3.05, 3.63) is 77.4 Å². The van der Waals surface area contributed by atoms with E-state index in [0.29, 0.717) is 67.2 Å². The van der Waals surface area contributed by atoms with Crippen molar-refractivity contribution in [1.82, 2.24) is 9.62 Å². The summed E-state index contributed by atoms with van der Waals surface area (Å²) in [4.78, 5) is 40.8. The predicted octanol–water partition coefficient (Wildman–Crippen LogP) is 6.54. The van der Waals surface area contributed by atoms with E-state index in [2.05, 4.69) is 20.3 Å². The summed E-state index contributed by atoms with van der Waals surface area (Å²) in [5, 5.41) is 5.67. The maximum absolute atomic E-state index is 14.5. The molecule has 0 saturated heterocycles. The third kappa shape index (κ3) is 10.0. The number of carbonyl (C=O) groups excluding carboxylic acids is 3. The normalized spacial score (nSPS) is 22.2. The lowest BCUT2D eigenvalue weighted by Gasteiger charge is -2.32. The number of anilines is 2. The van der Waals surface area contributed by atoms with Crippen LogP contribution in [0.4, 0.5) is 24.5 Å². The summed E-state index contributed by atoms with van der Waals surface area (Å²) in [7, 11) is -0.270. The highest BCUT2D eigenvalue weighted by Crippen LogP contribution is 2.39. The summed E-state index contributed by atoms with van der Waals surface area (Å²) >= 11 is 0. The van der Waals surface area contributed by atoms with E-state index in [1.807, 2.05) is 14.1 Å². The molecule has 3 aliphatic rings. The Morgan fingerprint density at radius 1 is 0.927 bits per heavy atom. The van der Waals surface area contributed by atoms with E-state index in [-0.39, 0.29) is 59.9 Å². The number of alkyl halides is 3. The van der Waals surface area contributed by atoms with Crippen LogP contribution in [0.3, 0.4) is 0 Å². The van der Waals surface area contributed by atoms with Crippen molar-refractivity contribution in [2.45, 2.75) is 93.8 Å². The van der Waals surface area contributed by atoms with Crippen molar-refractivity contribution >= 4 is 39.0 Å². The molecule has 55 heavy (non-hydrogen) atoms. The summed E-state index contributed by atoms with van der Waals surface area (Å²) in [6.07, 6.45) is 1.47. The average molecular weight is 782 g/mol. The van der Waals surface area contributed by atoms with Crippen LogP contribution in [0, 0.1) is 17.8 Å². The van der Waals surface area contributed by atoms with Crippen LogP contribution < -0.4 is 21.1 Å². The molecule has 1 unspecified atom stereocenters. The van der Waals surface area contributed by atoms with Crippen LogP contribution in [0.1, 0.15) is 74.5 Å². The number of carbonyl (C=O) groups is 3. The molecular weight excluding hydrogens is 732 g/mol. The van der Waals surface area contributed by atoms with Crippen molar-refractivity contribution in [2.75, 3.05) is 31.3 Å². The van der Waals surface area contributed by atoms with Crippen LogP contribution in [0.15, 0.2) is 65.6 Å². The van der Waals surface area contributed by atoms with E-state index >= 15 is 0 Å². The molecule has 1 heterocycles. The molecule has 1 atom stereocenters. The standard InChI is InChI=1S/C41H50F3N5O5S/c1-49(2)33-15-13-31(14-16-33)48-55(53,54)34-17-18-35(36(23-34)41(42,43)44)27-7-3-25(4-8-27)19-30(20-38(50)28-9-5-26(24-45)6-10-28)40(52)46-32-12-11-29-21-39(51)47-37(29)22-32/h3-4,7-8,11-12,17-18,22-23,26,28,30-31,33,48H,5-6,9-10,13-16,19-21,24,45H2,1-2H3,(H,46,52)(H,47,51). The van der Waals surface area contributed by atoms with E-state index in [1.54, 1.807) is 30.3 Å². The van der Waals surface area contributed by atoms with Crippen LogP contribution in [-0.4, -0.2) is 63.6 Å². The third-order valence-electron chi connectivity index (χ3n) is 11.6. The van der Waals surface area contributed by atoms with Gasteiger partial charge in [0.15, 0.2) is 0 Å². The van der Waals surface area contributed by atoms with E-state index in [4.69, 9.17) is 5.73 Å². The van der Waals surface area contributed by atoms with Crippen LogP contribution >= 0.6 is 0 Å². The van der Waals surface area contributed by atoms with E-state index in [9.17, 15) is 36.0 Å². The number of Topliss-reactive ketones (excluding diaryl/α,β-unsaturated/α-hetero) is 1. The van der Waals surface area contributed by atoms with Gasteiger partial charge in [-0.3, -0.25) is 14.4 Å². The molecule has 6 rings (SSSR count). The second-order valence-electron chi connectivity index (χ2n) is 15.6. The number of hydrogen-bond donors (Lipinski definition) is 4. The van der Waals surface area contributed by atoms with Gasteiger partial charge in [0.1, 0.15) is 5.78 Å². The fourth-order valence-electron chi connectivity index (χ4n) is 8.20. The van der Waals surface area contributed by atoms with Gasteiger partial charge in [-0.25, -0.2) is 13.1 Å². The number of amides is 2. The lowest BCUT2D eigenvalue weighted by Crippen LogP contribution is -2.41. The Kier molecular flexibility index (Phi) is 12.5. The van der Waals surface area contributed by atoms with Gasteiger partial charge in [-0.05, 0) is 131 Å². The van der Waals surface area contributed by atoms with E-state index in [0.717, 1.165) is 31.2 Å². The van der Waals surface area contributed by atoms with Gasteiger partial charge in [-0.2, -0.15) is 13.2 Å². The van der Waals surface area contributed by atoms with Crippen LogP contribution in [0.25, 0.3) is 11.1 Å². The monoisotopic (exact) mass is 781 g/mol. The van der Waals surface area contributed by atoms with Gasteiger partial charge in [0, 0.05) is 41.7 Å². The Hall–Kier alpha value is -4.11. The molecule has 10 nitrogen and oxygen atoms in total. The molecule has 1 aliphatic heterocycles. The summed E-state index contributed by atoms with van der Waals surface area (Å²) in [6.45, 7) is 0.576. The topological polar surface area (TPSA) is 151 Å². The minimum atomic E-state index is -4.84. The van der Waals surface area contributed by atoms with Gasteiger partial charge < -0.3 is 21.3 Å². The van der Waals surface area contributed by atoms with Crippen molar-refractivity contribution in [1.29, 1.82) is 0 Å². The molecular formula is C41H50F3N5O5S. The van der Waals surface area contributed by atoms with Gasteiger partial charge in [-0.1, -0.05) is 36.4 Å². The minimum absolute atomic E-state index is 0.00551. The summed E-state index contributed by atoms with van der Waals surface area (Å²) in [5.74, 6) is -1.08. The zero-order valence-corrected chi connectivity index (χ0v) is 32.1. The highest BCUT2D eigenvalue weighted by Gasteiger charge is 2.36.